The van der Waals surface area contributed by atoms with E-state index in [9.17, 15) is 14.9 Å². The van der Waals surface area contributed by atoms with E-state index in [1.165, 1.54) is 11.3 Å². The Morgan fingerprint density at radius 3 is 3.00 bits per heavy atom. The predicted molar refractivity (Wildman–Crippen MR) is 73.2 cm³/mol. The highest BCUT2D eigenvalue weighted by atomic mass is 32.1. The summed E-state index contributed by atoms with van der Waals surface area (Å²) in [5.41, 5.74) is 7.28. The Balaban J connectivity index is 2.39. The molecular formula is C11H12N4O3S. The van der Waals surface area contributed by atoms with E-state index >= 15 is 0 Å². The largest absolute Gasteiger partial charge is 0.376 e. The van der Waals surface area contributed by atoms with Gasteiger partial charge in [-0.3, -0.25) is 14.9 Å². The van der Waals surface area contributed by atoms with Crippen LogP contribution in [0, 0.1) is 10.1 Å². The van der Waals surface area contributed by atoms with E-state index in [0.717, 1.165) is 4.70 Å². The minimum Gasteiger partial charge on any atom is -0.376 e. The summed E-state index contributed by atoms with van der Waals surface area (Å²) >= 11 is 1.34. The first-order chi connectivity index (χ1) is 8.99. The predicted octanol–water partition coefficient (Wildman–Crippen LogP) is 1.88. The number of benzene rings is 1. The maximum absolute atomic E-state index is 11.2. The normalized spacial score (nSPS) is 12.3. The Kier molecular flexibility index (Phi) is 3.61. The molecule has 1 heterocycles. The number of aromatic nitrogens is 1. The molecule has 1 amide bonds. The number of thiazole rings is 1. The van der Waals surface area contributed by atoms with Crippen molar-refractivity contribution in [2.75, 3.05) is 5.32 Å². The number of primary amides is 1. The number of carbonyl (C=O) groups excluding carboxylic acids is 1. The molecule has 2 aromatic rings. The molecule has 0 aliphatic heterocycles. The second kappa shape index (κ2) is 5.19. The van der Waals surface area contributed by atoms with Crippen molar-refractivity contribution in [3.63, 3.8) is 0 Å². The lowest BCUT2D eigenvalue weighted by Gasteiger charge is -2.13. The molecule has 3 N–H and O–H groups in total. The second-order valence-electron chi connectivity index (χ2n) is 4.13. The van der Waals surface area contributed by atoms with Crippen molar-refractivity contribution in [1.29, 1.82) is 0 Å². The van der Waals surface area contributed by atoms with Gasteiger partial charge in [-0.05, 0) is 19.1 Å². The number of anilines is 1. The van der Waals surface area contributed by atoms with Crippen molar-refractivity contribution in [1.82, 2.24) is 4.98 Å². The molecule has 100 valence electrons. The van der Waals surface area contributed by atoms with Crippen molar-refractivity contribution in [2.45, 2.75) is 19.4 Å². The third kappa shape index (κ3) is 2.79. The van der Waals surface area contributed by atoms with E-state index in [1.807, 2.05) is 0 Å². The summed E-state index contributed by atoms with van der Waals surface area (Å²) in [4.78, 5) is 25.5. The van der Waals surface area contributed by atoms with E-state index < -0.39 is 10.8 Å². The lowest BCUT2D eigenvalue weighted by atomic mass is 10.2. The average molecular weight is 280 g/mol. The van der Waals surface area contributed by atoms with Crippen LogP contribution in [0.1, 0.15) is 13.3 Å². The van der Waals surface area contributed by atoms with Gasteiger partial charge in [0.05, 0.1) is 15.1 Å². The number of fused-ring (bicyclic) bond motifs is 1. The summed E-state index contributed by atoms with van der Waals surface area (Å²) in [6.07, 6.45) is 0.103. The van der Waals surface area contributed by atoms with E-state index in [-0.39, 0.29) is 18.2 Å². The van der Waals surface area contributed by atoms with Gasteiger partial charge in [-0.1, -0.05) is 0 Å². The van der Waals surface area contributed by atoms with Gasteiger partial charge in [0.15, 0.2) is 5.52 Å². The number of carbonyl (C=O) groups is 1. The summed E-state index contributed by atoms with van der Waals surface area (Å²) < 4.78 is 0.750. The molecule has 1 aromatic carbocycles. The number of amides is 1. The third-order valence-electron chi connectivity index (χ3n) is 2.57. The van der Waals surface area contributed by atoms with Crippen LogP contribution in [0.3, 0.4) is 0 Å². The molecule has 0 fully saturated rings. The van der Waals surface area contributed by atoms with Crippen LogP contribution in [0.5, 0.6) is 0 Å². The highest BCUT2D eigenvalue weighted by molar-refractivity contribution is 7.16. The van der Waals surface area contributed by atoms with Gasteiger partial charge in [0.2, 0.25) is 5.91 Å². The van der Waals surface area contributed by atoms with Crippen LogP contribution < -0.4 is 11.1 Å². The first-order valence-corrected chi connectivity index (χ1v) is 6.42. The van der Waals surface area contributed by atoms with Crippen LogP contribution in [0.25, 0.3) is 10.2 Å². The SMILES string of the molecule is CC(CC(N)=O)Nc1ccc2scnc2c1[N+](=O)[O-]. The lowest BCUT2D eigenvalue weighted by molar-refractivity contribution is -0.382. The minimum absolute atomic E-state index is 0.0740. The number of nitrogens with zero attached hydrogens (tertiary/aromatic N) is 2. The Labute approximate surface area is 112 Å². The molecular weight excluding hydrogens is 268 g/mol. The van der Waals surface area contributed by atoms with E-state index in [2.05, 4.69) is 10.3 Å². The highest BCUT2D eigenvalue weighted by Crippen LogP contribution is 2.34. The van der Waals surface area contributed by atoms with Gasteiger partial charge in [0, 0.05) is 12.5 Å². The van der Waals surface area contributed by atoms with E-state index in [0.29, 0.717) is 11.2 Å². The molecule has 19 heavy (non-hydrogen) atoms. The molecule has 2 rings (SSSR count). The molecule has 1 atom stereocenters. The summed E-state index contributed by atoms with van der Waals surface area (Å²) in [6, 6.07) is 3.10. The Morgan fingerprint density at radius 2 is 2.37 bits per heavy atom. The van der Waals surface area contributed by atoms with Crippen LogP contribution in [-0.2, 0) is 4.79 Å². The number of nitro benzene ring substituents is 1. The molecule has 0 saturated carbocycles. The van der Waals surface area contributed by atoms with Gasteiger partial charge in [-0.2, -0.15) is 0 Å². The minimum atomic E-state index is -0.471. The van der Waals surface area contributed by atoms with Gasteiger partial charge in [-0.15, -0.1) is 11.3 Å². The number of hydrogen-bond donors (Lipinski definition) is 2. The Bertz CT molecular complexity index is 640. The fourth-order valence-corrected chi connectivity index (χ4v) is 2.52. The molecule has 1 aromatic heterocycles. The van der Waals surface area contributed by atoms with Gasteiger partial charge < -0.3 is 11.1 Å². The molecule has 0 bridgehead atoms. The molecule has 8 heteroatoms. The van der Waals surface area contributed by atoms with Crippen LogP contribution in [0.4, 0.5) is 11.4 Å². The quantitative estimate of drug-likeness (QED) is 0.641. The fourth-order valence-electron chi connectivity index (χ4n) is 1.84. The smallest absolute Gasteiger partial charge is 0.319 e. The highest BCUT2D eigenvalue weighted by Gasteiger charge is 2.21. The Morgan fingerprint density at radius 1 is 1.63 bits per heavy atom. The van der Waals surface area contributed by atoms with Crippen molar-refractivity contribution >= 4 is 38.8 Å². The zero-order chi connectivity index (χ0) is 14.0. The monoisotopic (exact) mass is 280 g/mol. The van der Waals surface area contributed by atoms with Crippen LogP contribution in [0.15, 0.2) is 17.6 Å². The summed E-state index contributed by atoms with van der Waals surface area (Å²) in [5, 5.41) is 14.1. The zero-order valence-electron chi connectivity index (χ0n) is 10.1. The molecule has 0 saturated heterocycles. The maximum Gasteiger partial charge on any atom is 0.319 e. The zero-order valence-corrected chi connectivity index (χ0v) is 10.9. The number of nitrogens with one attached hydrogen (secondary N) is 1. The molecule has 0 spiro atoms. The molecule has 0 radical (unpaired) electrons. The number of nitro groups is 1. The number of nitrogens with two attached hydrogens (primary N) is 1. The van der Waals surface area contributed by atoms with E-state index in [1.54, 1.807) is 24.6 Å². The summed E-state index contributed by atoms with van der Waals surface area (Å²) in [6.45, 7) is 1.74. The third-order valence-corrected chi connectivity index (χ3v) is 3.36. The lowest BCUT2D eigenvalue weighted by Crippen LogP contribution is -2.24. The van der Waals surface area contributed by atoms with E-state index in [4.69, 9.17) is 5.73 Å². The number of hydrogen-bond acceptors (Lipinski definition) is 6. The van der Waals surface area contributed by atoms with Gasteiger partial charge >= 0.3 is 5.69 Å². The van der Waals surface area contributed by atoms with Crippen molar-refractivity contribution < 1.29 is 9.72 Å². The van der Waals surface area contributed by atoms with Gasteiger partial charge in [0.25, 0.3) is 0 Å². The van der Waals surface area contributed by atoms with Crippen molar-refractivity contribution in [2.24, 2.45) is 5.73 Å². The standard InChI is InChI=1S/C11H12N4O3S/c1-6(4-9(12)16)14-7-2-3-8-10(13-5-19-8)11(7)15(17)18/h2-3,5-6,14H,4H2,1H3,(H2,12,16). The average Bonchev–Trinajstić information content (AvgIpc) is 2.74. The van der Waals surface area contributed by atoms with Crippen molar-refractivity contribution in [3.8, 4) is 0 Å². The number of rotatable bonds is 5. The molecule has 1 unspecified atom stereocenters. The Hall–Kier alpha value is -2.22. The van der Waals surface area contributed by atoms with Crippen LogP contribution in [-0.4, -0.2) is 21.9 Å². The molecule has 0 aliphatic carbocycles. The second-order valence-corrected chi connectivity index (χ2v) is 5.02. The van der Waals surface area contributed by atoms with Gasteiger partial charge in [0.1, 0.15) is 5.69 Å². The van der Waals surface area contributed by atoms with Crippen LogP contribution >= 0.6 is 11.3 Å². The maximum atomic E-state index is 11.2. The fraction of sp³-hybridized carbons (Fsp3) is 0.273. The van der Waals surface area contributed by atoms with Gasteiger partial charge in [-0.25, -0.2) is 4.98 Å². The molecule has 7 nitrogen and oxygen atoms in total. The topological polar surface area (TPSA) is 111 Å². The first kappa shape index (κ1) is 13.2. The summed E-state index contributed by atoms with van der Waals surface area (Å²) in [5.74, 6) is -0.461. The summed E-state index contributed by atoms with van der Waals surface area (Å²) in [7, 11) is 0. The first-order valence-electron chi connectivity index (χ1n) is 5.54. The van der Waals surface area contributed by atoms with Crippen molar-refractivity contribution in [3.05, 3.63) is 27.8 Å². The van der Waals surface area contributed by atoms with Crippen LogP contribution in [0.2, 0.25) is 0 Å². The molecule has 0 aliphatic rings.